The van der Waals surface area contributed by atoms with E-state index in [1.165, 1.54) is 29.1 Å². The standard InChI is InChI=1S/C26H26F3N5O3/c1-4-13-30-25(36)34-14-12-21-23(34)31-16-32-24(21)37-17(3)6-11-20(5-2)33-22(35)15-18-7-9-19(10-8-18)26(27,28)29/h5-12,14,16H,3-4,13,15H2,1-2H3,(H,30,36)(H,33,35)/b11-6-,20-5+. The van der Waals surface area contributed by atoms with Crippen molar-refractivity contribution in [3.8, 4) is 5.88 Å². The molecule has 0 bridgehead atoms. The van der Waals surface area contributed by atoms with E-state index in [1.807, 2.05) is 6.92 Å². The van der Waals surface area contributed by atoms with Crippen molar-refractivity contribution in [3.63, 3.8) is 0 Å². The number of amides is 2. The second-order valence-electron chi connectivity index (χ2n) is 7.90. The molecule has 2 amide bonds. The number of nitrogens with one attached hydrogen (secondary N) is 2. The Balaban J connectivity index is 1.61. The first-order valence-electron chi connectivity index (χ1n) is 11.4. The first kappa shape index (κ1) is 27.2. The highest BCUT2D eigenvalue weighted by Gasteiger charge is 2.30. The summed E-state index contributed by atoms with van der Waals surface area (Å²) in [4.78, 5) is 33.0. The maximum Gasteiger partial charge on any atom is 0.416 e. The number of benzene rings is 1. The number of hydrogen-bond donors (Lipinski definition) is 2. The molecule has 0 fully saturated rings. The Hall–Kier alpha value is -4.41. The van der Waals surface area contributed by atoms with Crippen molar-refractivity contribution < 1.29 is 27.5 Å². The van der Waals surface area contributed by atoms with Gasteiger partial charge in [0.1, 0.15) is 12.1 Å². The Morgan fingerprint density at radius 3 is 2.51 bits per heavy atom. The van der Waals surface area contributed by atoms with Crippen LogP contribution in [0.1, 0.15) is 31.4 Å². The molecule has 3 aromatic rings. The molecule has 0 spiro atoms. The number of nitrogens with zero attached hydrogens (tertiary/aromatic N) is 3. The van der Waals surface area contributed by atoms with Crippen molar-refractivity contribution in [2.45, 2.75) is 32.9 Å². The molecule has 0 aliphatic heterocycles. The molecule has 0 aliphatic carbocycles. The highest BCUT2D eigenvalue weighted by atomic mass is 19.4. The van der Waals surface area contributed by atoms with Crippen LogP contribution >= 0.6 is 0 Å². The van der Waals surface area contributed by atoms with Crippen LogP contribution in [0.15, 0.2) is 79.1 Å². The number of ether oxygens (including phenoxy) is 1. The lowest BCUT2D eigenvalue weighted by Gasteiger charge is -2.09. The quantitative estimate of drug-likeness (QED) is 0.305. The largest absolute Gasteiger partial charge is 0.439 e. The van der Waals surface area contributed by atoms with E-state index in [-0.39, 0.29) is 24.1 Å². The third-order valence-electron chi connectivity index (χ3n) is 5.11. The van der Waals surface area contributed by atoms with Gasteiger partial charge >= 0.3 is 12.2 Å². The highest BCUT2D eigenvalue weighted by Crippen LogP contribution is 2.29. The molecular weight excluding hydrogens is 487 g/mol. The van der Waals surface area contributed by atoms with Crippen LogP contribution in [0.5, 0.6) is 5.88 Å². The molecule has 0 unspecified atom stereocenters. The van der Waals surface area contributed by atoms with Crippen LogP contribution in [0.2, 0.25) is 0 Å². The van der Waals surface area contributed by atoms with Gasteiger partial charge in [-0.15, -0.1) is 0 Å². The maximum atomic E-state index is 12.7. The Morgan fingerprint density at radius 2 is 1.86 bits per heavy atom. The third kappa shape index (κ3) is 7.29. The number of aromatic nitrogens is 3. The van der Waals surface area contributed by atoms with E-state index in [1.54, 1.807) is 31.3 Å². The predicted molar refractivity (Wildman–Crippen MR) is 133 cm³/mol. The van der Waals surface area contributed by atoms with Gasteiger partial charge in [0.15, 0.2) is 5.65 Å². The number of fused-ring (bicyclic) bond motifs is 1. The van der Waals surface area contributed by atoms with E-state index in [9.17, 15) is 22.8 Å². The number of rotatable bonds is 9. The lowest BCUT2D eigenvalue weighted by molar-refractivity contribution is -0.137. The van der Waals surface area contributed by atoms with E-state index in [0.29, 0.717) is 28.8 Å². The molecular formula is C26H26F3N5O3. The van der Waals surface area contributed by atoms with E-state index < -0.39 is 17.6 Å². The van der Waals surface area contributed by atoms with Crippen molar-refractivity contribution in [1.82, 2.24) is 25.2 Å². The van der Waals surface area contributed by atoms with Crippen molar-refractivity contribution in [3.05, 3.63) is 90.2 Å². The van der Waals surface area contributed by atoms with Gasteiger partial charge in [0.25, 0.3) is 0 Å². The molecule has 0 radical (unpaired) electrons. The summed E-state index contributed by atoms with van der Waals surface area (Å²) in [5.41, 5.74) is 0.485. The molecule has 37 heavy (non-hydrogen) atoms. The van der Waals surface area contributed by atoms with Gasteiger partial charge in [-0.25, -0.2) is 14.8 Å². The molecule has 2 N–H and O–H groups in total. The smallest absolute Gasteiger partial charge is 0.416 e. The zero-order chi connectivity index (χ0) is 27.0. The van der Waals surface area contributed by atoms with Gasteiger partial charge in [-0.05, 0) is 49.3 Å². The van der Waals surface area contributed by atoms with Gasteiger partial charge < -0.3 is 15.4 Å². The molecule has 1 aromatic carbocycles. The molecule has 11 heteroatoms. The van der Waals surface area contributed by atoms with Crippen LogP contribution in [-0.2, 0) is 17.4 Å². The van der Waals surface area contributed by atoms with Crippen LogP contribution in [0.25, 0.3) is 11.0 Å². The zero-order valence-corrected chi connectivity index (χ0v) is 20.3. The fraction of sp³-hybridized carbons (Fsp3) is 0.231. The highest BCUT2D eigenvalue weighted by molar-refractivity contribution is 5.91. The van der Waals surface area contributed by atoms with E-state index in [2.05, 4.69) is 27.2 Å². The van der Waals surface area contributed by atoms with Crippen LogP contribution < -0.4 is 15.4 Å². The topological polar surface area (TPSA) is 98.1 Å². The minimum atomic E-state index is -4.43. The number of carbonyl (C=O) groups excluding carboxylic acids is 2. The van der Waals surface area contributed by atoms with Gasteiger partial charge in [0.2, 0.25) is 11.8 Å². The van der Waals surface area contributed by atoms with Crippen molar-refractivity contribution >= 4 is 23.0 Å². The lowest BCUT2D eigenvalue weighted by atomic mass is 10.1. The number of hydrogen-bond acceptors (Lipinski definition) is 5. The summed E-state index contributed by atoms with van der Waals surface area (Å²) in [7, 11) is 0. The number of halogens is 3. The van der Waals surface area contributed by atoms with Crippen molar-refractivity contribution in [2.75, 3.05) is 6.54 Å². The molecule has 0 saturated carbocycles. The summed E-state index contributed by atoms with van der Waals surface area (Å²) in [6.07, 6.45) is 3.84. The van der Waals surface area contributed by atoms with E-state index >= 15 is 0 Å². The summed E-state index contributed by atoms with van der Waals surface area (Å²) in [6.45, 7) is 8.02. The summed E-state index contributed by atoms with van der Waals surface area (Å²) in [6, 6.07) is 5.77. The average Bonchev–Trinajstić information content (AvgIpc) is 3.30. The van der Waals surface area contributed by atoms with Crippen LogP contribution in [0.3, 0.4) is 0 Å². The summed E-state index contributed by atoms with van der Waals surface area (Å²) in [5, 5.41) is 5.97. The van der Waals surface area contributed by atoms with Crippen molar-refractivity contribution in [1.29, 1.82) is 0 Å². The molecule has 194 valence electrons. The van der Waals surface area contributed by atoms with Gasteiger partial charge in [0.05, 0.1) is 17.4 Å². The second-order valence-corrected chi connectivity index (χ2v) is 7.90. The third-order valence-corrected chi connectivity index (χ3v) is 5.11. The van der Waals surface area contributed by atoms with Gasteiger partial charge in [-0.2, -0.15) is 13.2 Å². The number of alkyl halides is 3. The van der Waals surface area contributed by atoms with Crippen molar-refractivity contribution in [2.24, 2.45) is 0 Å². The van der Waals surface area contributed by atoms with Gasteiger partial charge in [-0.1, -0.05) is 31.7 Å². The first-order valence-corrected chi connectivity index (χ1v) is 11.4. The Morgan fingerprint density at radius 1 is 1.14 bits per heavy atom. The van der Waals surface area contributed by atoms with Gasteiger partial charge in [-0.3, -0.25) is 9.36 Å². The SMILES string of the molecule is C=C(/C=C\C(=C/C)NC(=O)Cc1ccc(C(F)(F)F)cc1)Oc1ncnc2c1ccn2C(=O)NCCC. The van der Waals surface area contributed by atoms with Crippen LogP contribution in [-0.4, -0.2) is 33.0 Å². The minimum Gasteiger partial charge on any atom is -0.439 e. The predicted octanol–water partition coefficient (Wildman–Crippen LogP) is 5.13. The second kappa shape index (κ2) is 12.0. The molecule has 0 atom stereocenters. The molecule has 2 aromatic heterocycles. The van der Waals surface area contributed by atoms with Gasteiger partial charge in [0, 0.05) is 18.4 Å². The summed E-state index contributed by atoms with van der Waals surface area (Å²) in [5.74, 6) is 0.0128. The average molecular weight is 514 g/mol. The Labute approximate surface area is 211 Å². The molecule has 3 rings (SSSR count). The molecule has 0 aliphatic rings. The summed E-state index contributed by atoms with van der Waals surface area (Å²) >= 11 is 0. The molecule has 0 saturated heterocycles. The zero-order valence-electron chi connectivity index (χ0n) is 20.3. The van der Waals surface area contributed by atoms with E-state index in [0.717, 1.165) is 18.6 Å². The monoisotopic (exact) mass is 513 g/mol. The fourth-order valence-corrected chi connectivity index (χ4v) is 3.24. The Kier molecular flexibility index (Phi) is 8.83. The minimum absolute atomic E-state index is 0.0947. The first-order chi connectivity index (χ1) is 17.6. The van der Waals surface area contributed by atoms with Crippen LogP contribution in [0, 0.1) is 0 Å². The number of allylic oxidation sites excluding steroid dienone is 3. The Bertz CT molecular complexity index is 1340. The molecule has 2 heterocycles. The molecule has 8 nitrogen and oxygen atoms in total. The number of carbonyl (C=O) groups is 2. The summed E-state index contributed by atoms with van der Waals surface area (Å²) < 4.78 is 45.2. The normalized spacial score (nSPS) is 12.1. The fourth-order valence-electron chi connectivity index (χ4n) is 3.24. The maximum absolute atomic E-state index is 12.7. The van der Waals surface area contributed by atoms with Crippen LogP contribution in [0.4, 0.5) is 18.0 Å². The van der Waals surface area contributed by atoms with E-state index in [4.69, 9.17) is 4.74 Å². The lowest BCUT2D eigenvalue weighted by Crippen LogP contribution is -2.28.